The van der Waals surface area contributed by atoms with E-state index in [9.17, 15) is 0 Å². The molecule has 0 bridgehead atoms. The third kappa shape index (κ3) is 2.94. The number of rotatable bonds is 3. The Hall–Kier alpha value is -2.70. The SMILES string of the molecule is c1ccc2c(N3CC4NCCC43)cc(-c3ccc(N4CCNCC4)nc3)nc2c1. The van der Waals surface area contributed by atoms with Gasteiger partial charge in [-0.25, -0.2) is 9.97 Å². The molecule has 2 atom stereocenters. The minimum absolute atomic E-state index is 0.613. The van der Waals surface area contributed by atoms with Crippen molar-refractivity contribution < 1.29 is 0 Å². The lowest BCUT2D eigenvalue weighted by molar-refractivity contribution is 0.397. The van der Waals surface area contributed by atoms with Crippen LogP contribution in [0, 0.1) is 0 Å². The van der Waals surface area contributed by atoms with Crippen LogP contribution in [-0.4, -0.2) is 61.3 Å². The van der Waals surface area contributed by atoms with Crippen molar-refractivity contribution in [2.45, 2.75) is 18.5 Å². The number of aromatic nitrogens is 2. The van der Waals surface area contributed by atoms with Crippen LogP contribution < -0.4 is 20.4 Å². The third-order valence-electron chi connectivity index (χ3n) is 6.59. The summed E-state index contributed by atoms with van der Waals surface area (Å²) in [5.74, 6) is 1.05. The lowest BCUT2D eigenvalue weighted by atomic mass is 9.95. The zero-order valence-electron chi connectivity index (χ0n) is 16.5. The zero-order valence-corrected chi connectivity index (χ0v) is 16.5. The summed E-state index contributed by atoms with van der Waals surface area (Å²) in [6.45, 7) is 6.27. The van der Waals surface area contributed by atoms with E-state index in [0.717, 1.165) is 61.9 Å². The first-order valence-electron chi connectivity index (χ1n) is 10.7. The number of benzene rings is 1. The van der Waals surface area contributed by atoms with E-state index in [0.29, 0.717) is 12.1 Å². The molecule has 3 saturated heterocycles. The van der Waals surface area contributed by atoms with Crippen LogP contribution in [-0.2, 0) is 0 Å². The molecule has 6 heteroatoms. The van der Waals surface area contributed by atoms with Crippen LogP contribution in [0.25, 0.3) is 22.2 Å². The predicted octanol–water partition coefficient (Wildman–Crippen LogP) is 2.26. The Morgan fingerprint density at radius 1 is 1.00 bits per heavy atom. The second-order valence-corrected chi connectivity index (χ2v) is 8.25. The molecule has 29 heavy (non-hydrogen) atoms. The number of anilines is 2. The van der Waals surface area contributed by atoms with Gasteiger partial charge in [0, 0.05) is 67.6 Å². The Labute approximate surface area is 170 Å². The van der Waals surface area contributed by atoms with Gasteiger partial charge in [-0.2, -0.15) is 0 Å². The summed E-state index contributed by atoms with van der Waals surface area (Å²) in [6.07, 6.45) is 3.20. The van der Waals surface area contributed by atoms with Gasteiger partial charge in [-0.15, -0.1) is 0 Å². The molecular formula is C23H26N6. The standard InChI is InChI=1S/C23H26N6/c1-2-4-18-17(3-1)22(29-15-20-21(29)7-8-25-20)13-19(27-18)16-5-6-23(26-14-16)28-11-9-24-10-12-28/h1-6,13-14,20-21,24-25H,7-12,15H2. The molecule has 0 amide bonds. The molecule has 2 aromatic heterocycles. The van der Waals surface area contributed by atoms with Crippen molar-refractivity contribution >= 4 is 22.4 Å². The van der Waals surface area contributed by atoms with Gasteiger partial charge in [0.1, 0.15) is 5.82 Å². The smallest absolute Gasteiger partial charge is 0.128 e. The highest BCUT2D eigenvalue weighted by Crippen LogP contribution is 2.38. The fraction of sp³-hybridized carbons (Fsp3) is 0.391. The second kappa shape index (κ2) is 6.97. The molecule has 0 radical (unpaired) electrons. The van der Waals surface area contributed by atoms with Gasteiger partial charge in [0.15, 0.2) is 0 Å². The highest BCUT2D eigenvalue weighted by molar-refractivity contribution is 5.95. The van der Waals surface area contributed by atoms with Gasteiger partial charge >= 0.3 is 0 Å². The number of pyridine rings is 2. The Morgan fingerprint density at radius 3 is 2.72 bits per heavy atom. The maximum absolute atomic E-state index is 4.97. The number of hydrogen-bond acceptors (Lipinski definition) is 6. The van der Waals surface area contributed by atoms with Crippen molar-refractivity contribution in [3.8, 4) is 11.3 Å². The summed E-state index contributed by atoms with van der Waals surface area (Å²) in [6, 6.07) is 16.3. The van der Waals surface area contributed by atoms with E-state index in [1.165, 1.54) is 17.5 Å². The van der Waals surface area contributed by atoms with Gasteiger partial charge in [-0.05, 0) is 37.2 Å². The zero-order chi connectivity index (χ0) is 19.2. The van der Waals surface area contributed by atoms with E-state index in [1.807, 2.05) is 6.20 Å². The molecule has 6 nitrogen and oxygen atoms in total. The summed E-state index contributed by atoms with van der Waals surface area (Å²) >= 11 is 0. The van der Waals surface area contributed by atoms with Crippen molar-refractivity contribution in [2.75, 3.05) is 49.1 Å². The molecule has 148 valence electrons. The quantitative estimate of drug-likeness (QED) is 0.720. The number of hydrogen-bond donors (Lipinski definition) is 2. The minimum Gasteiger partial charge on any atom is -0.365 e. The van der Waals surface area contributed by atoms with E-state index in [1.54, 1.807) is 0 Å². The van der Waals surface area contributed by atoms with E-state index in [2.05, 4.69) is 62.9 Å². The van der Waals surface area contributed by atoms with Crippen LogP contribution in [0.1, 0.15) is 6.42 Å². The monoisotopic (exact) mass is 386 g/mol. The summed E-state index contributed by atoms with van der Waals surface area (Å²) in [4.78, 5) is 14.6. The van der Waals surface area contributed by atoms with Crippen LogP contribution in [0.3, 0.4) is 0 Å². The second-order valence-electron chi connectivity index (χ2n) is 8.25. The summed E-state index contributed by atoms with van der Waals surface area (Å²) in [7, 11) is 0. The Morgan fingerprint density at radius 2 is 1.90 bits per heavy atom. The van der Waals surface area contributed by atoms with Gasteiger partial charge < -0.3 is 20.4 Å². The van der Waals surface area contributed by atoms with Gasteiger partial charge in [0.25, 0.3) is 0 Å². The third-order valence-corrected chi connectivity index (χ3v) is 6.59. The van der Waals surface area contributed by atoms with E-state index in [4.69, 9.17) is 9.97 Å². The van der Waals surface area contributed by atoms with E-state index >= 15 is 0 Å². The average molecular weight is 387 g/mol. The number of fused-ring (bicyclic) bond motifs is 2. The fourth-order valence-corrected chi connectivity index (χ4v) is 4.96. The normalized spacial score (nSPS) is 23.9. The van der Waals surface area contributed by atoms with Crippen molar-refractivity contribution in [1.82, 2.24) is 20.6 Å². The maximum atomic E-state index is 4.97. The molecule has 0 aliphatic carbocycles. The molecule has 2 N–H and O–H groups in total. The number of para-hydroxylation sites is 1. The van der Waals surface area contributed by atoms with Crippen LogP contribution in [0.4, 0.5) is 11.5 Å². The number of nitrogens with one attached hydrogen (secondary N) is 2. The van der Waals surface area contributed by atoms with Crippen LogP contribution in [0.2, 0.25) is 0 Å². The van der Waals surface area contributed by atoms with Crippen molar-refractivity contribution in [1.29, 1.82) is 0 Å². The Kier molecular flexibility index (Phi) is 4.13. The van der Waals surface area contributed by atoms with Crippen LogP contribution >= 0.6 is 0 Å². The molecule has 3 aliphatic rings. The van der Waals surface area contributed by atoms with Crippen molar-refractivity contribution in [2.24, 2.45) is 0 Å². The summed E-state index contributed by atoms with van der Waals surface area (Å²) < 4.78 is 0. The molecule has 3 fully saturated rings. The van der Waals surface area contributed by atoms with E-state index < -0.39 is 0 Å². The Bertz CT molecular complexity index is 1030. The van der Waals surface area contributed by atoms with Gasteiger partial charge in [0.05, 0.1) is 11.2 Å². The largest absolute Gasteiger partial charge is 0.365 e. The van der Waals surface area contributed by atoms with Gasteiger partial charge in [-0.1, -0.05) is 18.2 Å². The molecule has 1 aromatic carbocycles. The summed E-state index contributed by atoms with van der Waals surface area (Å²) in [5.41, 5.74) is 4.45. The molecule has 2 unspecified atom stereocenters. The number of nitrogens with zero attached hydrogens (tertiary/aromatic N) is 4. The molecule has 3 aromatic rings. The molecular weight excluding hydrogens is 360 g/mol. The lowest BCUT2D eigenvalue weighted by Crippen LogP contribution is -2.61. The Balaban J connectivity index is 1.37. The number of piperazine rings is 1. The predicted molar refractivity (Wildman–Crippen MR) is 118 cm³/mol. The minimum atomic E-state index is 0.613. The van der Waals surface area contributed by atoms with E-state index in [-0.39, 0.29) is 0 Å². The summed E-state index contributed by atoms with van der Waals surface area (Å²) in [5, 5.41) is 8.25. The molecule has 6 rings (SSSR count). The first-order valence-corrected chi connectivity index (χ1v) is 10.7. The van der Waals surface area contributed by atoms with Crippen LogP contribution in [0.5, 0.6) is 0 Å². The van der Waals surface area contributed by atoms with Crippen LogP contribution in [0.15, 0.2) is 48.7 Å². The van der Waals surface area contributed by atoms with Gasteiger partial charge in [-0.3, -0.25) is 0 Å². The van der Waals surface area contributed by atoms with Crippen molar-refractivity contribution in [3.05, 3.63) is 48.7 Å². The van der Waals surface area contributed by atoms with Crippen molar-refractivity contribution in [3.63, 3.8) is 0 Å². The molecule has 5 heterocycles. The highest BCUT2D eigenvalue weighted by atomic mass is 15.3. The first kappa shape index (κ1) is 17.2. The molecule has 0 saturated carbocycles. The lowest BCUT2D eigenvalue weighted by Gasteiger charge is -2.46. The molecule has 0 spiro atoms. The van der Waals surface area contributed by atoms with Gasteiger partial charge in [0.2, 0.25) is 0 Å². The average Bonchev–Trinajstić information content (AvgIpc) is 3.14. The fourth-order valence-electron chi connectivity index (χ4n) is 4.96. The topological polar surface area (TPSA) is 56.3 Å². The maximum Gasteiger partial charge on any atom is 0.128 e. The highest BCUT2D eigenvalue weighted by Gasteiger charge is 2.42. The first-order chi connectivity index (χ1) is 14.4. The molecule has 3 aliphatic heterocycles.